The van der Waals surface area contributed by atoms with Gasteiger partial charge in [-0.2, -0.15) is 0 Å². The summed E-state index contributed by atoms with van der Waals surface area (Å²) in [6, 6.07) is 8.57. The number of hydrogen-bond donors (Lipinski definition) is 2. The van der Waals surface area contributed by atoms with Gasteiger partial charge in [0.15, 0.2) is 6.61 Å². The van der Waals surface area contributed by atoms with Crippen molar-refractivity contribution in [2.45, 2.75) is 6.54 Å². The van der Waals surface area contributed by atoms with E-state index >= 15 is 0 Å². The lowest BCUT2D eigenvalue weighted by molar-refractivity contribution is -0.123. The molecule has 7 heteroatoms. The highest BCUT2D eigenvalue weighted by Crippen LogP contribution is 2.11. The Balaban J connectivity index is 1.76. The highest BCUT2D eigenvalue weighted by Gasteiger charge is 2.04. The first kappa shape index (κ1) is 14.0. The van der Waals surface area contributed by atoms with Gasteiger partial charge in [-0.1, -0.05) is 17.4 Å². The number of nitrogens with one attached hydrogen (secondary N) is 1. The quantitative estimate of drug-likeness (QED) is 0.772. The van der Waals surface area contributed by atoms with Crippen molar-refractivity contribution in [2.75, 3.05) is 6.61 Å². The Morgan fingerprint density at radius 2 is 2.10 bits per heavy atom. The number of amides is 1. The summed E-state index contributed by atoms with van der Waals surface area (Å²) in [6.07, 6.45) is 1.45. The molecule has 0 aliphatic carbocycles. The minimum absolute atomic E-state index is 0.0791. The predicted molar refractivity (Wildman–Crippen MR) is 76.2 cm³/mol. The van der Waals surface area contributed by atoms with Crippen LogP contribution < -0.4 is 15.8 Å². The first-order valence-corrected chi connectivity index (χ1v) is 6.24. The molecule has 1 aromatic carbocycles. The number of carbonyl (C=O) groups excluding carboxylic acids is 1. The van der Waals surface area contributed by atoms with E-state index in [-0.39, 0.29) is 12.5 Å². The Morgan fingerprint density at radius 1 is 1.35 bits per heavy atom. The summed E-state index contributed by atoms with van der Waals surface area (Å²) >= 11 is 4.84. The Labute approximate surface area is 120 Å². The molecule has 1 amide bonds. The van der Waals surface area contributed by atoms with Gasteiger partial charge in [0, 0.05) is 11.6 Å². The highest BCUT2D eigenvalue weighted by atomic mass is 32.1. The largest absolute Gasteiger partial charge is 0.484 e. The Bertz CT molecular complexity index is 581. The van der Waals surface area contributed by atoms with Crippen LogP contribution >= 0.6 is 12.2 Å². The summed E-state index contributed by atoms with van der Waals surface area (Å²) in [5.74, 6) is 0.327. The average molecular weight is 291 g/mol. The Hall–Kier alpha value is -2.41. The second-order valence-electron chi connectivity index (χ2n) is 3.94. The third kappa shape index (κ3) is 4.06. The van der Waals surface area contributed by atoms with Crippen molar-refractivity contribution in [3.63, 3.8) is 0 Å². The smallest absolute Gasteiger partial charge is 0.258 e. The van der Waals surface area contributed by atoms with Crippen LogP contribution in [0.15, 0.2) is 41.1 Å². The zero-order valence-corrected chi connectivity index (χ0v) is 11.4. The molecule has 3 N–H and O–H groups in total. The van der Waals surface area contributed by atoms with Gasteiger partial charge in [-0.15, -0.1) is 0 Å². The summed E-state index contributed by atoms with van der Waals surface area (Å²) in [4.78, 5) is 11.9. The molecule has 0 spiro atoms. The van der Waals surface area contributed by atoms with Gasteiger partial charge in [-0.3, -0.25) is 4.79 Å². The minimum atomic E-state index is -0.244. The van der Waals surface area contributed by atoms with Crippen molar-refractivity contribution in [3.05, 3.63) is 47.9 Å². The molecular weight excluding hydrogens is 278 g/mol. The van der Waals surface area contributed by atoms with Crippen LogP contribution in [0.4, 0.5) is 0 Å². The fourth-order valence-corrected chi connectivity index (χ4v) is 1.57. The molecule has 20 heavy (non-hydrogen) atoms. The zero-order valence-electron chi connectivity index (χ0n) is 10.5. The van der Waals surface area contributed by atoms with Crippen molar-refractivity contribution < 1.29 is 14.1 Å². The minimum Gasteiger partial charge on any atom is -0.484 e. The first-order valence-electron chi connectivity index (χ1n) is 5.84. The maximum atomic E-state index is 11.6. The molecule has 1 heterocycles. The summed E-state index contributed by atoms with van der Waals surface area (Å²) in [5.41, 5.74) is 6.89. The van der Waals surface area contributed by atoms with E-state index in [4.69, 9.17) is 22.7 Å². The van der Waals surface area contributed by atoms with Gasteiger partial charge in [0.25, 0.3) is 5.91 Å². The van der Waals surface area contributed by atoms with Crippen LogP contribution in [-0.2, 0) is 11.3 Å². The molecule has 0 unspecified atom stereocenters. The van der Waals surface area contributed by atoms with E-state index in [0.29, 0.717) is 23.0 Å². The third-order valence-corrected chi connectivity index (χ3v) is 2.70. The number of carbonyl (C=O) groups is 1. The van der Waals surface area contributed by atoms with E-state index in [2.05, 4.69) is 15.0 Å². The van der Waals surface area contributed by atoms with Gasteiger partial charge < -0.3 is 20.3 Å². The van der Waals surface area contributed by atoms with Crippen LogP contribution in [0.1, 0.15) is 11.3 Å². The fraction of sp³-hybridized carbons (Fsp3) is 0.154. The molecule has 0 saturated heterocycles. The van der Waals surface area contributed by atoms with Gasteiger partial charge in [0.05, 0.1) is 6.54 Å². The summed E-state index contributed by atoms with van der Waals surface area (Å²) in [7, 11) is 0. The van der Waals surface area contributed by atoms with Crippen molar-refractivity contribution in [2.24, 2.45) is 5.73 Å². The van der Waals surface area contributed by atoms with Crippen molar-refractivity contribution >= 4 is 23.1 Å². The summed E-state index contributed by atoms with van der Waals surface area (Å²) < 4.78 is 9.99. The molecule has 6 nitrogen and oxygen atoms in total. The van der Waals surface area contributed by atoms with E-state index in [1.54, 1.807) is 30.3 Å². The topological polar surface area (TPSA) is 90.4 Å². The van der Waals surface area contributed by atoms with E-state index < -0.39 is 0 Å². The zero-order chi connectivity index (χ0) is 14.4. The molecule has 0 saturated carbocycles. The lowest BCUT2D eigenvalue weighted by Gasteiger charge is -2.07. The Kier molecular flexibility index (Phi) is 4.67. The van der Waals surface area contributed by atoms with Crippen LogP contribution in [0.25, 0.3) is 0 Å². The van der Waals surface area contributed by atoms with Gasteiger partial charge in [-0.25, -0.2) is 0 Å². The first-order chi connectivity index (χ1) is 9.65. The van der Waals surface area contributed by atoms with Crippen molar-refractivity contribution in [1.82, 2.24) is 10.5 Å². The molecule has 0 bridgehead atoms. The van der Waals surface area contributed by atoms with Crippen LogP contribution in [-0.4, -0.2) is 22.7 Å². The second-order valence-corrected chi connectivity index (χ2v) is 4.38. The molecule has 0 aliphatic rings. The van der Waals surface area contributed by atoms with Crippen LogP contribution in [0.5, 0.6) is 5.75 Å². The monoisotopic (exact) mass is 291 g/mol. The number of hydrogen-bond acceptors (Lipinski definition) is 5. The fourth-order valence-electron chi connectivity index (χ4n) is 1.43. The van der Waals surface area contributed by atoms with Gasteiger partial charge in [0.2, 0.25) is 0 Å². The SMILES string of the molecule is NC(=S)c1ccc(OCC(=O)NCc2ccon2)cc1. The van der Waals surface area contributed by atoms with Gasteiger partial charge >= 0.3 is 0 Å². The van der Waals surface area contributed by atoms with Crippen LogP contribution in [0.2, 0.25) is 0 Å². The molecule has 0 radical (unpaired) electrons. The number of benzene rings is 1. The number of aromatic nitrogens is 1. The molecule has 1 aromatic heterocycles. The molecule has 2 aromatic rings. The van der Waals surface area contributed by atoms with Crippen molar-refractivity contribution in [1.29, 1.82) is 0 Å². The number of nitrogens with two attached hydrogens (primary N) is 1. The normalized spacial score (nSPS) is 10.0. The molecule has 2 rings (SSSR count). The lowest BCUT2D eigenvalue weighted by Crippen LogP contribution is -2.28. The molecule has 0 fully saturated rings. The maximum absolute atomic E-state index is 11.6. The van der Waals surface area contributed by atoms with Gasteiger partial charge in [0.1, 0.15) is 22.7 Å². The van der Waals surface area contributed by atoms with Gasteiger partial charge in [-0.05, 0) is 24.3 Å². The van der Waals surface area contributed by atoms with Crippen LogP contribution in [0, 0.1) is 0 Å². The number of thiocarbonyl (C=S) groups is 1. The van der Waals surface area contributed by atoms with E-state index in [0.717, 1.165) is 5.56 Å². The van der Waals surface area contributed by atoms with Crippen molar-refractivity contribution in [3.8, 4) is 5.75 Å². The molecular formula is C13H13N3O3S. The number of nitrogens with zero attached hydrogens (tertiary/aromatic N) is 1. The Morgan fingerprint density at radius 3 is 2.70 bits per heavy atom. The standard InChI is InChI=1S/C13H13N3O3S/c14-13(20)9-1-3-11(4-2-9)18-8-12(17)15-7-10-5-6-19-16-10/h1-6H,7-8H2,(H2,14,20)(H,15,17). The lowest BCUT2D eigenvalue weighted by atomic mass is 10.2. The predicted octanol–water partition coefficient (Wildman–Crippen LogP) is 1.00. The third-order valence-electron chi connectivity index (χ3n) is 2.47. The highest BCUT2D eigenvalue weighted by molar-refractivity contribution is 7.80. The van der Waals surface area contributed by atoms with E-state index in [9.17, 15) is 4.79 Å². The molecule has 0 atom stereocenters. The molecule has 0 aliphatic heterocycles. The summed E-state index contributed by atoms with van der Waals surface area (Å²) in [5, 5.41) is 6.34. The number of ether oxygens (including phenoxy) is 1. The second kappa shape index (κ2) is 6.67. The summed E-state index contributed by atoms with van der Waals surface area (Å²) in [6.45, 7) is 0.226. The maximum Gasteiger partial charge on any atom is 0.258 e. The number of rotatable bonds is 6. The van der Waals surface area contributed by atoms with E-state index in [1.807, 2.05) is 0 Å². The van der Waals surface area contributed by atoms with E-state index in [1.165, 1.54) is 6.26 Å². The molecule has 104 valence electrons. The average Bonchev–Trinajstić information content (AvgIpc) is 2.96. The van der Waals surface area contributed by atoms with Crippen LogP contribution in [0.3, 0.4) is 0 Å².